The topological polar surface area (TPSA) is 49.3 Å². The number of carboxylic acid groups (broad SMARTS) is 1. The number of nitrogens with one attached hydrogen (secondary N) is 1. The number of hydrogen-bond acceptors (Lipinski definition) is 2. The van der Waals surface area contributed by atoms with Crippen molar-refractivity contribution in [1.82, 2.24) is 4.98 Å². The zero-order valence-corrected chi connectivity index (χ0v) is 15.4. The Morgan fingerprint density at radius 2 is 1.70 bits per heavy atom. The van der Waals surface area contributed by atoms with Crippen LogP contribution < -0.4 is 10.2 Å². The first-order valence-corrected chi connectivity index (χ1v) is 14.1. The Morgan fingerprint density at radius 3 is 2.15 bits per heavy atom. The lowest BCUT2D eigenvalue weighted by Gasteiger charge is -2.27. The van der Waals surface area contributed by atoms with Crippen molar-refractivity contribution < 1.29 is 9.90 Å². The summed E-state index contributed by atoms with van der Waals surface area (Å²) in [4.78, 5) is 14.9. The minimum absolute atomic E-state index is 0.487. The molecular formula is C15H27NO2Si2. The van der Waals surface area contributed by atoms with Crippen LogP contribution in [0.2, 0.25) is 39.3 Å². The quantitative estimate of drug-likeness (QED) is 0.794. The van der Waals surface area contributed by atoms with Crippen LogP contribution in [0.4, 0.5) is 0 Å². The van der Waals surface area contributed by atoms with Gasteiger partial charge in [-0.15, -0.1) is 0 Å². The fourth-order valence-electron chi connectivity index (χ4n) is 2.37. The van der Waals surface area contributed by atoms with Gasteiger partial charge in [0.25, 0.3) is 0 Å². The third kappa shape index (κ3) is 5.22. The zero-order valence-electron chi connectivity index (χ0n) is 13.4. The molecule has 0 spiro atoms. The second-order valence-electron chi connectivity index (χ2n) is 7.40. The number of carbonyl (C=O) groups is 1. The van der Waals surface area contributed by atoms with E-state index in [-0.39, 0.29) is 0 Å². The SMILES string of the molecule is C[Si](C)(C)N[C@@H](Cc1ccccc1[Si](C)(C)C)C(=O)O. The lowest BCUT2D eigenvalue weighted by Crippen LogP contribution is -2.53. The molecule has 20 heavy (non-hydrogen) atoms. The average Bonchev–Trinajstić information content (AvgIpc) is 2.25. The molecule has 0 saturated heterocycles. The monoisotopic (exact) mass is 309 g/mol. The molecule has 0 aliphatic carbocycles. The minimum Gasteiger partial charge on any atom is -0.480 e. The Labute approximate surface area is 124 Å². The summed E-state index contributed by atoms with van der Waals surface area (Å²) in [7, 11) is -3.07. The van der Waals surface area contributed by atoms with Gasteiger partial charge >= 0.3 is 5.97 Å². The van der Waals surface area contributed by atoms with Crippen molar-refractivity contribution in [2.24, 2.45) is 0 Å². The molecule has 0 aliphatic rings. The first-order valence-electron chi connectivity index (χ1n) is 7.09. The smallest absolute Gasteiger partial charge is 0.320 e. The maximum absolute atomic E-state index is 11.5. The Morgan fingerprint density at radius 1 is 1.15 bits per heavy atom. The van der Waals surface area contributed by atoms with E-state index in [2.05, 4.69) is 62.5 Å². The van der Waals surface area contributed by atoms with Gasteiger partial charge in [-0.1, -0.05) is 68.7 Å². The predicted octanol–water partition coefficient (Wildman–Crippen LogP) is 2.65. The number of carboxylic acids is 1. The van der Waals surface area contributed by atoms with Gasteiger partial charge in [-0.3, -0.25) is 4.79 Å². The van der Waals surface area contributed by atoms with Crippen molar-refractivity contribution in [3.63, 3.8) is 0 Å². The summed E-state index contributed by atoms with van der Waals surface area (Å²) in [6.07, 6.45) is 0.569. The summed E-state index contributed by atoms with van der Waals surface area (Å²) >= 11 is 0. The summed E-state index contributed by atoms with van der Waals surface area (Å²) in [5, 5.41) is 10.8. The summed E-state index contributed by atoms with van der Waals surface area (Å²) in [6.45, 7) is 13.3. The van der Waals surface area contributed by atoms with Crippen LogP contribution in [0.15, 0.2) is 24.3 Å². The molecule has 3 nitrogen and oxygen atoms in total. The number of aliphatic carboxylic acids is 1. The Hall–Kier alpha value is -0.916. The highest BCUT2D eigenvalue weighted by Gasteiger charge is 2.27. The third-order valence-corrected chi connectivity index (χ3v) is 6.47. The molecule has 1 aromatic carbocycles. The predicted molar refractivity (Wildman–Crippen MR) is 91.0 cm³/mol. The fraction of sp³-hybridized carbons (Fsp3) is 0.533. The van der Waals surface area contributed by atoms with Gasteiger partial charge < -0.3 is 10.1 Å². The van der Waals surface area contributed by atoms with E-state index >= 15 is 0 Å². The van der Waals surface area contributed by atoms with Crippen LogP contribution in [0, 0.1) is 0 Å². The van der Waals surface area contributed by atoms with Crippen LogP contribution in [0.1, 0.15) is 5.56 Å². The van der Waals surface area contributed by atoms with Crippen molar-refractivity contribution in [3.05, 3.63) is 29.8 Å². The number of benzene rings is 1. The molecule has 1 atom stereocenters. The lowest BCUT2D eigenvalue weighted by atomic mass is 10.1. The molecule has 0 radical (unpaired) electrons. The van der Waals surface area contributed by atoms with Gasteiger partial charge in [0.05, 0.1) is 8.07 Å². The molecule has 1 aromatic rings. The Bertz CT molecular complexity index is 475. The van der Waals surface area contributed by atoms with Gasteiger partial charge in [-0.2, -0.15) is 0 Å². The number of rotatable bonds is 6. The Balaban J connectivity index is 3.04. The minimum atomic E-state index is -1.62. The van der Waals surface area contributed by atoms with Crippen LogP contribution in [0.3, 0.4) is 0 Å². The van der Waals surface area contributed by atoms with Crippen molar-refractivity contribution in [3.8, 4) is 0 Å². The van der Waals surface area contributed by atoms with E-state index in [0.717, 1.165) is 0 Å². The van der Waals surface area contributed by atoms with Gasteiger partial charge in [0.15, 0.2) is 0 Å². The summed E-state index contributed by atoms with van der Waals surface area (Å²) < 4.78 is 0. The molecule has 0 heterocycles. The molecule has 1 rings (SSSR count). The summed E-state index contributed by atoms with van der Waals surface area (Å²) in [6, 6.07) is 7.81. The van der Waals surface area contributed by atoms with E-state index in [9.17, 15) is 9.90 Å². The van der Waals surface area contributed by atoms with Crippen molar-refractivity contribution >= 4 is 27.5 Å². The highest BCUT2D eigenvalue weighted by molar-refractivity contribution is 6.89. The van der Waals surface area contributed by atoms with Crippen LogP contribution in [-0.4, -0.2) is 33.4 Å². The molecule has 0 bridgehead atoms. The van der Waals surface area contributed by atoms with Gasteiger partial charge in [0.1, 0.15) is 14.3 Å². The van der Waals surface area contributed by atoms with Crippen LogP contribution in [0.25, 0.3) is 0 Å². The van der Waals surface area contributed by atoms with Crippen molar-refractivity contribution in [2.45, 2.75) is 51.7 Å². The highest BCUT2D eigenvalue weighted by atomic mass is 28.3. The molecular weight excluding hydrogens is 282 g/mol. The van der Waals surface area contributed by atoms with E-state index in [1.807, 2.05) is 6.07 Å². The Kier molecular flexibility index (Phi) is 5.35. The molecule has 0 fully saturated rings. The molecule has 0 saturated carbocycles. The molecule has 0 aliphatic heterocycles. The van der Waals surface area contributed by atoms with E-state index in [0.29, 0.717) is 6.42 Å². The third-order valence-electron chi connectivity index (χ3n) is 3.15. The summed E-state index contributed by atoms with van der Waals surface area (Å²) in [5.41, 5.74) is 1.19. The average molecular weight is 310 g/mol. The second-order valence-corrected chi connectivity index (χ2v) is 17.2. The maximum atomic E-state index is 11.5. The largest absolute Gasteiger partial charge is 0.480 e. The second kappa shape index (κ2) is 6.24. The molecule has 0 amide bonds. The molecule has 5 heteroatoms. The van der Waals surface area contributed by atoms with Gasteiger partial charge in [-0.05, 0) is 12.0 Å². The number of hydrogen-bond donors (Lipinski definition) is 2. The lowest BCUT2D eigenvalue weighted by molar-refractivity contribution is -0.139. The first kappa shape index (κ1) is 17.1. The van der Waals surface area contributed by atoms with Crippen LogP contribution in [0.5, 0.6) is 0 Å². The van der Waals surface area contributed by atoms with Crippen LogP contribution >= 0.6 is 0 Å². The van der Waals surface area contributed by atoms with E-state index in [1.54, 1.807) is 0 Å². The highest BCUT2D eigenvalue weighted by Crippen LogP contribution is 2.11. The molecule has 0 aromatic heterocycles. The van der Waals surface area contributed by atoms with E-state index < -0.39 is 28.3 Å². The molecule has 2 N–H and O–H groups in total. The van der Waals surface area contributed by atoms with Gasteiger partial charge in [-0.25, -0.2) is 0 Å². The summed E-state index contributed by atoms with van der Waals surface area (Å²) in [5.74, 6) is -0.752. The molecule has 112 valence electrons. The first-order chi connectivity index (χ1) is 9.00. The van der Waals surface area contributed by atoms with Gasteiger partial charge in [0.2, 0.25) is 0 Å². The fourth-order valence-corrected chi connectivity index (χ4v) is 5.39. The van der Waals surface area contributed by atoms with Crippen molar-refractivity contribution in [2.75, 3.05) is 0 Å². The van der Waals surface area contributed by atoms with E-state index in [1.165, 1.54) is 10.8 Å². The normalized spacial score (nSPS) is 14.1. The van der Waals surface area contributed by atoms with Gasteiger partial charge in [0, 0.05) is 0 Å². The zero-order chi connectivity index (χ0) is 15.6. The van der Waals surface area contributed by atoms with E-state index in [4.69, 9.17) is 0 Å². The standard InChI is InChI=1S/C15H27NO2Si2/c1-19(2,3)14-10-8-7-9-12(14)11-13(15(17)18)16-20(4,5)6/h7-10,13,16H,11H2,1-6H3,(H,17,18)/t13-/m0/s1. The van der Waals surface area contributed by atoms with Crippen LogP contribution in [-0.2, 0) is 11.2 Å². The van der Waals surface area contributed by atoms with Crippen molar-refractivity contribution in [1.29, 1.82) is 0 Å². The molecule has 0 unspecified atom stereocenters. The maximum Gasteiger partial charge on any atom is 0.320 e.